The first-order valence-corrected chi connectivity index (χ1v) is 5.55. The molecule has 1 aliphatic heterocycles. The highest BCUT2D eigenvalue weighted by Crippen LogP contribution is 2.17. The molecule has 0 unspecified atom stereocenters. The van der Waals surface area contributed by atoms with Gasteiger partial charge in [-0.15, -0.1) is 0 Å². The standard InChI is InChI=1S/C10H12N2O2.C2H6/c1-12-5-9(6-12)14-10-8(7-13)3-2-4-11-10;1-2/h2-4,7,9H,5-6H2,1H3;1-2H3. The molecule has 4 heteroatoms. The number of carbonyl (C=O) groups excluding carboxylic acids is 1. The van der Waals surface area contributed by atoms with E-state index in [1.54, 1.807) is 18.3 Å². The molecule has 0 aliphatic carbocycles. The second-order valence-corrected chi connectivity index (χ2v) is 3.48. The summed E-state index contributed by atoms with van der Waals surface area (Å²) in [4.78, 5) is 16.8. The molecular formula is C12H18N2O2. The highest BCUT2D eigenvalue weighted by Gasteiger charge is 2.25. The fourth-order valence-corrected chi connectivity index (χ4v) is 1.47. The van der Waals surface area contributed by atoms with Crippen LogP contribution in [0.15, 0.2) is 18.3 Å². The minimum atomic E-state index is 0.175. The van der Waals surface area contributed by atoms with Crippen LogP contribution in [0, 0.1) is 0 Å². The van der Waals surface area contributed by atoms with Crippen molar-refractivity contribution in [1.82, 2.24) is 9.88 Å². The minimum absolute atomic E-state index is 0.175. The minimum Gasteiger partial charge on any atom is -0.471 e. The highest BCUT2D eigenvalue weighted by atomic mass is 16.5. The van der Waals surface area contributed by atoms with E-state index in [-0.39, 0.29) is 6.10 Å². The number of likely N-dealkylation sites (tertiary alicyclic amines) is 1. The first-order valence-electron chi connectivity index (χ1n) is 5.55. The van der Waals surface area contributed by atoms with Crippen LogP contribution in [0.25, 0.3) is 0 Å². The second kappa shape index (κ2) is 6.23. The van der Waals surface area contributed by atoms with E-state index < -0.39 is 0 Å². The van der Waals surface area contributed by atoms with Gasteiger partial charge in [0.05, 0.1) is 5.56 Å². The van der Waals surface area contributed by atoms with E-state index >= 15 is 0 Å². The molecule has 1 aromatic heterocycles. The monoisotopic (exact) mass is 222 g/mol. The Balaban J connectivity index is 0.000000606. The van der Waals surface area contributed by atoms with Gasteiger partial charge >= 0.3 is 0 Å². The van der Waals surface area contributed by atoms with Crippen LogP contribution in [0.1, 0.15) is 24.2 Å². The number of hydrogen-bond acceptors (Lipinski definition) is 4. The van der Waals surface area contributed by atoms with Crippen LogP contribution >= 0.6 is 0 Å². The molecule has 0 saturated carbocycles. The van der Waals surface area contributed by atoms with Crippen molar-refractivity contribution in [1.29, 1.82) is 0 Å². The number of likely N-dealkylation sites (N-methyl/N-ethyl adjacent to an activating group) is 1. The molecule has 0 radical (unpaired) electrons. The van der Waals surface area contributed by atoms with Crippen LogP contribution in [-0.4, -0.2) is 42.4 Å². The number of pyridine rings is 1. The Bertz CT molecular complexity index is 336. The second-order valence-electron chi connectivity index (χ2n) is 3.48. The SMILES string of the molecule is CC.CN1CC(Oc2ncccc2C=O)C1. The van der Waals surface area contributed by atoms with E-state index in [0.29, 0.717) is 11.4 Å². The van der Waals surface area contributed by atoms with Gasteiger partial charge in [-0.1, -0.05) is 13.8 Å². The summed E-state index contributed by atoms with van der Waals surface area (Å²) in [6, 6.07) is 3.43. The van der Waals surface area contributed by atoms with Gasteiger partial charge in [0.1, 0.15) is 6.10 Å². The summed E-state index contributed by atoms with van der Waals surface area (Å²) in [6.45, 7) is 5.80. The average Bonchev–Trinajstić information content (AvgIpc) is 2.30. The third-order valence-corrected chi connectivity index (χ3v) is 2.24. The molecule has 0 spiro atoms. The maximum Gasteiger partial charge on any atom is 0.224 e. The maximum absolute atomic E-state index is 10.6. The van der Waals surface area contributed by atoms with E-state index in [4.69, 9.17) is 4.74 Å². The summed E-state index contributed by atoms with van der Waals surface area (Å²) in [5.74, 6) is 0.445. The van der Waals surface area contributed by atoms with Crippen molar-refractivity contribution >= 4 is 6.29 Å². The summed E-state index contributed by atoms with van der Waals surface area (Å²) in [5.41, 5.74) is 0.516. The van der Waals surface area contributed by atoms with Gasteiger partial charge in [-0.3, -0.25) is 9.69 Å². The Labute approximate surface area is 96.2 Å². The van der Waals surface area contributed by atoms with Gasteiger partial charge in [-0.2, -0.15) is 0 Å². The smallest absolute Gasteiger partial charge is 0.224 e. The van der Waals surface area contributed by atoms with Crippen molar-refractivity contribution in [3.63, 3.8) is 0 Å². The predicted molar refractivity (Wildman–Crippen MR) is 62.9 cm³/mol. The van der Waals surface area contributed by atoms with Crippen LogP contribution in [0.4, 0.5) is 0 Å². The molecule has 0 aromatic carbocycles. The topological polar surface area (TPSA) is 42.4 Å². The zero-order chi connectivity index (χ0) is 12.0. The molecule has 88 valence electrons. The largest absolute Gasteiger partial charge is 0.471 e. The molecular weight excluding hydrogens is 204 g/mol. The summed E-state index contributed by atoms with van der Waals surface area (Å²) in [7, 11) is 2.03. The molecule has 0 N–H and O–H groups in total. The van der Waals surface area contributed by atoms with Crippen LogP contribution in [0.3, 0.4) is 0 Å². The van der Waals surface area contributed by atoms with Gasteiger partial charge in [0.15, 0.2) is 6.29 Å². The van der Waals surface area contributed by atoms with Gasteiger partial charge in [-0.05, 0) is 19.2 Å². The number of rotatable bonds is 3. The van der Waals surface area contributed by atoms with Crippen molar-refractivity contribution in [2.24, 2.45) is 0 Å². The lowest BCUT2D eigenvalue weighted by molar-refractivity contribution is 0.0350. The van der Waals surface area contributed by atoms with E-state index in [1.165, 1.54) is 0 Å². The third kappa shape index (κ3) is 3.03. The van der Waals surface area contributed by atoms with Crippen LogP contribution < -0.4 is 4.74 Å². The highest BCUT2D eigenvalue weighted by molar-refractivity contribution is 5.77. The van der Waals surface area contributed by atoms with Crippen LogP contribution in [0.5, 0.6) is 5.88 Å². The molecule has 1 saturated heterocycles. The molecule has 0 bridgehead atoms. The lowest BCUT2D eigenvalue weighted by atomic mass is 10.2. The first-order chi connectivity index (χ1) is 7.79. The predicted octanol–water partition coefficient (Wildman–Crippen LogP) is 1.61. The van der Waals surface area contributed by atoms with Gasteiger partial charge in [0.2, 0.25) is 5.88 Å². The Kier molecular flexibility index (Phi) is 4.92. The fraction of sp³-hybridized carbons (Fsp3) is 0.500. The van der Waals surface area contributed by atoms with Gasteiger partial charge in [0, 0.05) is 19.3 Å². The van der Waals surface area contributed by atoms with E-state index in [0.717, 1.165) is 19.4 Å². The van der Waals surface area contributed by atoms with Crippen LogP contribution in [0.2, 0.25) is 0 Å². The third-order valence-electron chi connectivity index (χ3n) is 2.24. The van der Waals surface area contributed by atoms with Crippen LogP contribution in [-0.2, 0) is 0 Å². The molecule has 0 amide bonds. The maximum atomic E-state index is 10.6. The Morgan fingerprint density at radius 1 is 1.50 bits per heavy atom. The molecule has 1 aromatic rings. The Morgan fingerprint density at radius 2 is 2.19 bits per heavy atom. The number of aldehydes is 1. The number of hydrogen-bond donors (Lipinski definition) is 0. The molecule has 16 heavy (non-hydrogen) atoms. The van der Waals surface area contributed by atoms with Crippen molar-refractivity contribution in [3.8, 4) is 5.88 Å². The Morgan fingerprint density at radius 3 is 2.75 bits per heavy atom. The molecule has 2 rings (SSSR count). The van der Waals surface area contributed by atoms with Gasteiger partial charge in [-0.25, -0.2) is 4.98 Å². The molecule has 0 atom stereocenters. The normalized spacial score (nSPS) is 15.7. The lowest BCUT2D eigenvalue weighted by Crippen LogP contribution is -2.51. The van der Waals surface area contributed by atoms with Gasteiger partial charge < -0.3 is 4.74 Å². The average molecular weight is 222 g/mol. The number of aromatic nitrogens is 1. The number of ether oxygens (including phenoxy) is 1. The van der Waals surface area contributed by atoms with Crippen molar-refractivity contribution in [2.45, 2.75) is 20.0 Å². The molecule has 2 heterocycles. The zero-order valence-corrected chi connectivity index (χ0v) is 10.0. The zero-order valence-electron chi connectivity index (χ0n) is 10.0. The summed E-state index contributed by atoms with van der Waals surface area (Å²) in [6.07, 6.45) is 2.57. The van der Waals surface area contributed by atoms with E-state index in [1.807, 2.05) is 20.9 Å². The lowest BCUT2D eigenvalue weighted by Gasteiger charge is -2.35. The molecule has 1 aliphatic rings. The first kappa shape index (κ1) is 12.6. The summed E-state index contributed by atoms with van der Waals surface area (Å²) >= 11 is 0. The Hall–Kier alpha value is -1.42. The fourth-order valence-electron chi connectivity index (χ4n) is 1.47. The summed E-state index contributed by atoms with van der Waals surface area (Å²) < 4.78 is 5.56. The van der Waals surface area contributed by atoms with Gasteiger partial charge in [0.25, 0.3) is 0 Å². The quantitative estimate of drug-likeness (QED) is 0.729. The summed E-state index contributed by atoms with van der Waals surface area (Å²) in [5, 5.41) is 0. The van der Waals surface area contributed by atoms with Crippen molar-refractivity contribution in [3.05, 3.63) is 23.9 Å². The van der Waals surface area contributed by atoms with E-state index in [2.05, 4.69) is 9.88 Å². The van der Waals surface area contributed by atoms with Crippen molar-refractivity contribution < 1.29 is 9.53 Å². The van der Waals surface area contributed by atoms with Crippen molar-refractivity contribution in [2.75, 3.05) is 20.1 Å². The number of carbonyl (C=O) groups is 1. The number of nitrogens with zero attached hydrogens (tertiary/aromatic N) is 2. The molecule has 1 fully saturated rings. The van der Waals surface area contributed by atoms with E-state index in [9.17, 15) is 4.79 Å². The molecule has 4 nitrogen and oxygen atoms in total.